The molecule has 0 saturated carbocycles. The van der Waals surface area contributed by atoms with Gasteiger partial charge in [0.25, 0.3) is 0 Å². The van der Waals surface area contributed by atoms with Gasteiger partial charge in [0.05, 0.1) is 12.8 Å². The van der Waals surface area contributed by atoms with Gasteiger partial charge < -0.3 is 10.4 Å². The van der Waals surface area contributed by atoms with Gasteiger partial charge in [0.15, 0.2) is 6.30 Å². The molecule has 1 aliphatic heterocycles. The summed E-state index contributed by atoms with van der Waals surface area (Å²) in [4.78, 5) is 19.3. The number of hydrogen-bond donors (Lipinski definition) is 2. The summed E-state index contributed by atoms with van der Waals surface area (Å²) in [6, 6.07) is 0. The molecule has 0 bridgehead atoms. The third-order valence-electron chi connectivity index (χ3n) is 1.00. The largest absolute Gasteiger partial charge is 0.481 e. The van der Waals surface area contributed by atoms with E-state index in [9.17, 15) is 14.0 Å². The summed E-state index contributed by atoms with van der Waals surface area (Å²) in [6.07, 6.45) is 0.403. The fourth-order valence-corrected chi connectivity index (χ4v) is 0.440. The lowest BCUT2D eigenvalue weighted by atomic mass is 10.2. The van der Waals surface area contributed by atoms with E-state index in [2.05, 4.69) is 6.58 Å². The number of hydrogen-bond acceptors (Lipinski definition) is 2. The predicted octanol–water partition coefficient (Wildman–Crippen LogP) is 0.449. The maximum Gasteiger partial charge on any atom is 0.307 e. The summed E-state index contributed by atoms with van der Waals surface area (Å²) < 4.78 is 11.4. The Labute approximate surface area is 69.1 Å². The number of amides is 1. The number of aliphatic carboxylic acids is 1. The van der Waals surface area contributed by atoms with Crippen molar-refractivity contribution in [3.8, 4) is 0 Å². The normalized spacial score (nSPS) is 19.4. The van der Waals surface area contributed by atoms with E-state index in [1.807, 2.05) is 5.32 Å². The van der Waals surface area contributed by atoms with Crippen molar-refractivity contribution in [2.45, 2.75) is 19.1 Å². The Morgan fingerprint density at radius 3 is 2.42 bits per heavy atom. The van der Waals surface area contributed by atoms with Crippen LogP contribution in [0.3, 0.4) is 0 Å². The fourth-order valence-electron chi connectivity index (χ4n) is 0.440. The summed E-state index contributed by atoms with van der Waals surface area (Å²) >= 11 is 0. The summed E-state index contributed by atoms with van der Waals surface area (Å²) in [5, 5.41) is 9.84. The highest BCUT2D eigenvalue weighted by Gasteiger charge is 2.23. The SMILES string of the molecule is C=CCC(=O)O.O=C1CC(F)N1. The molecule has 0 aromatic carbocycles. The first-order chi connectivity index (χ1) is 5.56. The van der Waals surface area contributed by atoms with E-state index in [0.29, 0.717) is 0 Å². The smallest absolute Gasteiger partial charge is 0.307 e. The number of carboxylic acids is 1. The molecule has 0 radical (unpaired) electrons. The average Bonchev–Trinajstić information content (AvgIpc) is 1.85. The van der Waals surface area contributed by atoms with Gasteiger partial charge in [0.2, 0.25) is 5.91 Å². The van der Waals surface area contributed by atoms with Crippen LogP contribution in [0.4, 0.5) is 4.39 Å². The van der Waals surface area contributed by atoms with E-state index >= 15 is 0 Å². The van der Waals surface area contributed by atoms with E-state index in [0.717, 1.165) is 0 Å². The van der Waals surface area contributed by atoms with Gasteiger partial charge in [-0.3, -0.25) is 9.59 Å². The lowest BCUT2D eigenvalue weighted by Gasteiger charge is -2.17. The third kappa shape index (κ3) is 5.40. The molecule has 1 rings (SSSR count). The van der Waals surface area contributed by atoms with Crippen molar-refractivity contribution in [1.82, 2.24) is 5.32 Å². The molecule has 68 valence electrons. The Morgan fingerprint density at radius 2 is 2.42 bits per heavy atom. The molecule has 5 heteroatoms. The maximum absolute atomic E-state index is 11.4. The molecule has 2 N–H and O–H groups in total. The fraction of sp³-hybridized carbons (Fsp3) is 0.429. The van der Waals surface area contributed by atoms with Crippen LogP contribution in [0.2, 0.25) is 0 Å². The van der Waals surface area contributed by atoms with Gasteiger partial charge in [-0.15, -0.1) is 6.58 Å². The minimum atomic E-state index is -1.06. The van der Waals surface area contributed by atoms with Gasteiger partial charge in [-0.1, -0.05) is 6.08 Å². The minimum Gasteiger partial charge on any atom is -0.481 e. The van der Waals surface area contributed by atoms with Crippen molar-refractivity contribution in [3.63, 3.8) is 0 Å². The van der Waals surface area contributed by atoms with Crippen molar-refractivity contribution >= 4 is 11.9 Å². The van der Waals surface area contributed by atoms with E-state index in [-0.39, 0.29) is 18.7 Å². The molecule has 4 nitrogen and oxygen atoms in total. The second-order valence-electron chi connectivity index (χ2n) is 2.13. The zero-order valence-corrected chi connectivity index (χ0v) is 6.42. The van der Waals surface area contributed by atoms with Gasteiger partial charge >= 0.3 is 5.97 Å². The van der Waals surface area contributed by atoms with Crippen LogP contribution >= 0.6 is 0 Å². The van der Waals surface area contributed by atoms with Crippen molar-refractivity contribution in [2.75, 3.05) is 0 Å². The number of nitrogens with one attached hydrogen (secondary N) is 1. The number of β-lactam (4-membered cyclic amide) rings is 1. The van der Waals surface area contributed by atoms with Gasteiger partial charge in [-0.25, -0.2) is 4.39 Å². The topological polar surface area (TPSA) is 66.4 Å². The minimum absolute atomic E-state index is 0.0556. The van der Waals surface area contributed by atoms with Crippen LogP contribution in [0, 0.1) is 0 Å². The summed E-state index contributed by atoms with van der Waals surface area (Å²) in [7, 11) is 0. The molecule has 1 fully saturated rings. The van der Waals surface area contributed by atoms with E-state index < -0.39 is 12.3 Å². The molecule has 0 spiro atoms. The van der Waals surface area contributed by atoms with Crippen LogP contribution in [-0.2, 0) is 9.59 Å². The first-order valence-corrected chi connectivity index (χ1v) is 3.32. The maximum atomic E-state index is 11.4. The van der Waals surface area contributed by atoms with Crippen molar-refractivity contribution in [3.05, 3.63) is 12.7 Å². The van der Waals surface area contributed by atoms with Crippen LogP contribution in [0.25, 0.3) is 0 Å². The van der Waals surface area contributed by atoms with Crippen LogP contribution in [0.1, 0.15) is 12.8 Å². The Balaban J connectivity index is 0.000000202. The van der Waals surface area contributed by atoms with Crippen LogP contribution < -0.4 is 5.32 Å². The number of halogens is 1. The van der Waals surface area contributed by atoms with Gasteiger partial charge in [-0.2, -0.15) is 0 Å². The third-order valence-corrected chi connectivity index (χ3v) is 1.00. The molecule has 1 heterocycles. The van der Waals surface area contributed by atoms with Crippen LogP contribution in [-0.4, -0.2) is 23.3 Å². The standard InChI is InChI=1S/C4H6O2.C3H4FNO/c1-2-3-4(5)6;4-2-1-3(6)5-2/h2H,1,3H2,(H,5,6);2H,1H2,(H,5,6). The highest BCUT2D eigenvalue weighted by atomic mass is 19.1. The summed E-state index contributed by atoms with van der Waals surface area (Å²) in [5.41, 5.74) is 0. The molecule has 12 heavy (non-hydrogen) atoms. The monoisotopic (exact) mass is 175 g/mol. The molecule has 1 atom stereocenters. The van der Waals surface area contributed by atoms with Crippen molar-refractivity contribution in [1.29, 1.82) is 0 Å². The molecule has 1 aliphatic rings. The lowest BCUT2D eigenvalue weighted by molar-refractivity contribution is -0.136. The molecule has 0 aliphatic carbocycles. The zero-order valence-electron chi connectivity index (χ0n) is 6.42. The van der Waals surface area contributed by atoms with Crippen molar-refractivity contribution in [2.24, 2.45) is 0 Å². The van der Waals surface area contributed by atoms with E-state index in [1.54, 1.807) is 0 Å². The quantitative estimate of drug-likeness (QED) is 0.363. The van der Waals surface area contributed by atoms with E-state index in [1.165, 1.54) is 6.08 Å². The Kier molecular flexibility index (Phi) is 4.67. The predicted molar refractivity (Wildman–Crippen MR) is 40.1 cm³/mol. The lowest BCUT2D eigenvalue weighted by Crippen LogP contribution is -2.45. The van der Waals surface area contributed by atoms with Gasteiger partial charge in [0.1, 0.15) is 0 Å². The average molecular weight is 175 g/mol. The first-order valence-electron chi connectivity index (χ1n) is 3.32. The Bertz CT molecular complexity index is 185. The number of carbonyl (C=O) groups excluding carboxylic acids is 1. The molecular weight excluding hydrogens is 165 g/mol. The Hall–Kier alpha value is -1.39. The first kappa shape index (κ1) is 10.6. The Morgan fingerprint density at radius 1 is 1.92 bits per heavy atom. The second-order valence-corrected chi connectivity index (χ2v) is 2.13. The second kappa shape index (κ2) is 5.29. The van der Waals surface area contributed by atoms with Gasteiger partial charge in [0, 0.05) is 0 Å². The highest BCUT2D eigenvalue weighted by molar-refractivity contribution is 5.82. The molecule has 1 unspecified atom stereocenters. The molecule has 0 aromatic heterocycles. The molecular formula is C7H10FNO3. The van der Waals surface area contributed by atoms with Gasteiger partial charge in [-0.05, 0) is 0 Å². The summed E-state index contributed by atoms with van der Waals surface area (Å²) in [6.45, 7) is 3.22. The number of carboxylic acid groups (broad SMARTS) is 1. The van der Waals surface area contributed by atoms with Crippen molar-refractivity contribution < 1.29 is 19.1 Å². The van der Waals surface area contributed by atoms with Crippen LogP contribution in [0.5, 0.6) is 0 Å². The number of rotatable bonds is 2. The van der Waals surface area contributed by atoms with E-state index in [4.69, 9.17) is 5.11 Å². The molecule has 1 saturated heterocycles. The molecule has 0 aromatic rings. The summed E-state index contributed by atoms with van der Waals surface area (Å²) in [5.74, 6) is -1.02. The van der Waals surface area contributed by atoms with Crippen LogP contribution in [0.15, 0.2) is 12.7 Å². The number of alkyl halides is 1. The highest BCUT2D eigenvalue weighted by Crippen LogP contribution is 2.02. The zero-order chi connectivity index (χ0) is 9.56. The molecule has 1 amide bonds. The number of carbonyl (C=O) groups is 2.